The van der Waals surface area contributed by atoms with Crippen LogP contribution >= 0.6 is 0 Å². The standard InChI is InChI=1S/C18H22F2N6/c1-2-21-18(24-11-16-14(19)5-3-8-22-16)25-13-7-10-26(12-13)17-15(20)6-4-9-23-17/h3-6,8-9,13H,2,7,10-12H2,1H3,(H2,21,24,25). The van der Waals surface area contributed by atoms with Crippen molar-refractivity contribution in [1.82, 2.24) is 20.6 Å². The second-order valence-electron chi connectivity index (χ2n) is 6.01. The van der Waals surface area contributed by atoms with Gasteiger partial charge in [0.1, 0.15) is 5.82 Å². The lowest BCUT2D eigenvalue weighted by Crippen LogP contribution is -2.44. The molecule has 0 saturated carbocycles. The van der Waals surface area contributed by atoms with Crippen molar-refractivity contribution in [2.75, 3.05) is 24.5 Å². The summed E-state index contributed by atoms with van der Waals surface area (Å²) in [7, 11) is 0. The van der Waals surface area contributed by atoms with E-state index in [4.69, 9.17) is 0 Å². The van der Waals surface area contributed by atoms with Gasteiger partial charge in [0.15, 0.2) is 17.6 Å². The van der Waals surface area contributed by atoms with E-state index in [1.807, 2.05) is 11.8 Å². The van der Waals surface area contributed by atoms with Crippen molar-refractivity contribution in [2.24, 2.45) is 4.99 Å². The smallest absolute Gasteiger partial charge is 0.191 e. The number of guanidine groups is 1. The minimum Gasteiger partial charge on any atom is -0.357 e. The predicted molar refractivity (Wildman–Crippen MR) is 97.0 cm³/mol. The zero-order valence-corrected chi connectivity index (χ0v) is 14.6. The molecule has 138 valence electrons. The molecule has 8 heteroatoms. The minimum absolute atomic E-state index is 0.0998. The highest BCUT2D eigenvalue weighted by Crippen LogP contribution is 2.20. The van der Waals surface area contributed by atoms with Crippen LogP contribution in [-0.2, 0) is 6.54 Å². The molecule has 0 bridgehead atoms. The Morgan fingerprint density at radius 2 is 2.00 bits per heavy atom. The molecule has 1 aliphatic rings. The fraction of sp³-hybridized carbons (Fsp3) is 0.389. The van der Waals surface area contributed by atoms with Gasteiger partial charge in [0.2, 0.25) is 0 Å². The minimum atomic E-state index is -0.371. The summed E-state index contributed by atoms with van der Waals surface area (Å²) in [6.45, 7) is 4.12. The number of nitrogens with one attached hydrogen (secondary N) is 2. The summed E-state index contributed by atoms with van der Waals surface area (Å²) in [5, 5.41) is 6.47. The highest BCUT2D eigenvalue weighted by molar-refractivity contribution is 5.80. The summed E-state index contributed by atoms with van der Waals surface area (Å²) in [6.07, 6.45) is 3.97. The van der Waals surface area contributed by atoms with Crippen molar-refractivity contribution in [1.29, 1.82) is 0 Å². The Hall–Kier alpha value is -2.77. The van der Waals surface area contributed by atoms with Crippen LogP contribution in [0.15, 0.2) is 41.7 Å². The van der Waals surface area contributed by atoms with E-state index in [2.05, 4.69) is 25.6 Å². The molecule has 26 heavy (non-hydrogen) atoms. The van der Waals surface area contributed by atoms with E-state index in [-0.39, 0.29) is 24.2 Å². The maximum atomic E-state index is 13.9. The first-order valence-corrected chi connectivity index (χ1v) is 8.67. The maximum absolute atomic E-state index is 13.9. The molecule has 2 aromatic rings. The molecule has 1 saturated heterocycles. The van der Waals surface area contributed by atoms with Gasteiger partial charge in [0.05, 0.1) is 12.2 Å². The topological polar surface area (TPSA) is 65.4 Å². The third-order valence-electron chi connectivity index (χ3n) is 4.13. The van der Waals surface area contributed by atoms with Gasteiger partial charge < -0.3 is 15.5 Å². The molecule has 1 aliphatic heterocycles. The van der Waals surface area contributed by atoms with Crippen molar-refractivity contribution in [3.05, 3.63) is 54.0 Å². The van der Waals surface area contributed by atoms with Crippen LogP contribution in [-0.4, -0.2) is 41.6 Å². The Labute approximate surface area is 151 Å². The monoisotopic (exact) mass is 360 g/mol. The fourth-order valence-electron chi connectivity index (χ4n) is 2.88. The molecule has 0 amide bonds. The number of nitrogens with zero attached hydrogens (tertiary/aromatic N) is 4. The Kier molecular flexibility index (Phi) is 5.93. The van der Waals surface area contributed by atoms with Gasteiger partial charge in [-0.05, 0) is 37.6 Å². The van der Waals surface area contributed by atoms with Crippen molar-refractivity contribution in [2.45, 2.75) is 25.9 Å². The molecule has 0 radical (unpaired) electrons. The van der Waals surface area contributed by atoms with E-state index in [1.165, 1.54) is 12.1 Å². The van der Waals surface area contributed by atoms with E-state index >= 15 is 0 Å². The molecule has 2 aromatic heterocycles. The highest BCUT2D eigenvalue weighted by atomic mass is 19.1. The van der Waals surface area contributed by atoms with Gasteiger partial charge in [-0.1, -0.05) is 0 Å². The van der Waals surface area contributed by atoms with Crippen molar-refractivity contribution >= 4 is 11.8 Å². The molecular weight excluding hydrogens is 338 g/mol. The number of hydrogen-bond acceptors (Lipinski definition) is 4. The molecule has 3 heterocycles. The van der Waals surface area contributed by atoms with Gasteiger partial charge in [-0.15, -0.1) is 0 Å². The summed E-state index contributed by atoms with van der Waals surface area (Å²) >= 11 is 0. The number of hydrogen-bond donors (Lipinski definition) is 2. The molecule has 1 unspecified atom stereocenters. The number of rotatable bonds is 5. The summed E-state index contributed by atoms with van der Waals surface area (Å²) in [6, 6.07) is 6.01. The van der Waals surface area contributed by atoms with Gasteiger partial charge in [0.25, 0.3) is 0 Å². The first-order valence-electron chi connectivity index (χ1n) is 8.67. The fourth-order valence-corrected chi connectivity index (χ4v) is 2.88. The molecule has 0 aromatic carbocycles. The van der Waals surface area contributed by atoms with Crippen LogP contribution < -0.4 is 15.5 Å². The van der Waals surface area contributed by atoms with Gasteiger partial charge in [-0.3, -0.25) is 4.98 Å². The van der Waals surface area contributed by atoms with E-state index in [1.54, 1.807) is 24.5 Å². The van der Waals surface area contributed by atoms with Crippen LogP contribution in [0.3, 0.4) is 0 Å². The Morgan fingerprint density at radius 3 is 2.73 bits per heavy atom. The molecule has 2 N–H and O–H groups in total. The third kappa shape index (κ3) is 4.44. The van der Waals surface area contributed by atoms with Gasteiger partial charge in [-0.25, -0.2) is 18.8 Å². The molecular formula is C18H22F2N6. The van der Waals surface area contributed by atoms with Crippen LogP contribution in [0.2, 0.25) is 0 Å². The summed E-state index contributed by atoms with van der Waals surface area (Å²) < 4.78 is 27.6. The second kappa shape index (κ2) is 8.55. The average molecular weight is 360 g/mol. The number of anilines is 1. The summed E-state index contributed by atoms with van der Waals surface area (Å²) in [5.74, 6) is 0.268. The number of halogens is 2. The van der Waals surface area contributed by atoms with Crippen LogP contribution in [0.25, 0.3) is 0 Å². The average Bonchev–Trinajstić information content (AvgIpc) is 3.10. The maximum Gasteiger partial charge on any atom is 0.191 e. The van der Waals surface area contributed by atoms with Crippen molar-refractivity contribution < 1.29 is 8.78 Å². The first kappa shape index (κ1) is 18.0. The molecule has 1 fully saturated rings. The van der Waals surface area contributed by atoms with Gasteiger partial charge in [-0.2, -0.15) is 0 Å². The first-order chi connectivity index (χ1) is 12.7. The van der Waals surface area contributed by atoms with Crippen LogP contribution in [0.1, 0.15) is 19.0 Å². The zero-order chi connectivity index (χ0) is 18.4. The molecule has 1 atom stereocenters. The van der Waals surface area contributed by atoms with Crippen molar-refractivity contribution in [3.8, 4) is 0 Å². The Morgan fingerprint density at radius 1 is 1.23 bits per heavy atom. The van der Waals surface area contributed by atoms with Crippen molar-refractivity contribution in [3.63, 3.8) is 0 Å². The van der Waals surface area contributed by atoms with E-state index in [0.717, 1.165) is 6.42 Å². The van der Waals surface area contributed by atoms with E-state index in [9.17, 15) is 8.78 Å². The van der Waals surface area contributed by atoms with E-state index in [0.29, 0.717) is 37.1 Å². The number of aliphatic imine (C=N–C) groups is 1. The lowest BCUT2D eigenvalue weighted by Gasteiger charge is -2.19. The summed E-state index contributed by atoms with van der Waals surface area (Å²) in [4.78, 5) is 14.4. The predicted octanol–water partition coefficient (Wildman–Crippen LogP) is 2.09. The number of pyridine rings is 2. The van der Waals surface area contributed by atoms with E-state index < -0.39 is 0 Å². The van der Waals surface area contributed by atoms with Crippen LogP contribution in [0.4, 0.5) is 14.6 Å². The highest BCUT2D eigenvalue weighted by Gasteiger charge is 2.25. The van der Waals surface area contributed by atoms with Gasteiger partial charge in [0, 0.05) is 38.1 Å². The molecule has 0 aliphatic carbocycles. The number of aromatic nitrogens is 2. The largest absolute Gasteiger partial charge is 0.357 e. The lowest BCUT2D eigenvalue weighted by atomic mass is 10.3. The van der Waals surface area contributed by atoms with Gasteiger partial charge >= 0.3 is 0 Å². The summed E-state index contributed by atoms with van der Waals surface area (Å²) in [5.41, 5.74) is 0.299. The lowest BCUT2D eigenvalue weighted by molar-refractivity contribution is 0.597. The zero-order valence-electron chi connectivity index (χ0n) is 14.6. The molecule has 6 nitrogen and oxygen atoms in total. The quantitative estimate of drug-likeness (QED) is 0.631. The normalized spacial score (nSPS) is 17.4. The Balaban J connectivity index is 1.63. The van der Waals surface area contributed by atoms with Crippen LogP contribution in [0.5, 0.6) is 0 Å². The molecule has 0 spiro atoms. The third-order valence-corrected chi connectivity index (χ3v) is 4.13. The molecule has 3 rings (SSSR count). The van der Waals surface area contributed by atoms with Crippen LogP contribution in [0, 0.1) is 11.6 Å². The Bertz CT molecular complexity index is 767. The SMILES string of the molecule is CCNC(=NCc1ncccc1F)NC1CCN(c2ncccc2F)C1. The second-order valence-corrected chi connectivity index (χ2v) is 6.01.